The van der Waals surface area contributed by atoms with Crippen LogP contribution in [0.5, 0.6) is 0 Å². The van der Waals surface area contributed by atoms with Crippen molar-refractivity contribution < 1.29 is 9.53 Å². The highest BCUT2D eigenvalue weighted by Crippen LogP contribution is 2.26. The molecule has 1 fully saturated rings. The highest BCUT2D eigenvalue weighted by atomic mass is 16.6. The third-order valence-electron chi connectivity index (χ3n) is 3.05. The number of nitrogens with one attached hydrogen (secondary N) is 2. The van der Waals surface area contributed by atoms with Crippen LogP contribution in [-0.4, -0.2) is 29.8 Å². The SMILES string of the molecule is CC(C)(C)OC(=O)NC1(c2ccccn2)CCNC1. The first-order chi connectivity index (χ1) is 8.91. The molecule has 5 heteroatoms. The van der Waals surface area contributed by atoms with Crippen LogP contribution < -0.4 is 10.6 Å². The first kappa shape index (κ1) is 13.8. The van der Waals surface area contributed by atoms with Crippen LogP contribution in [-0.2, 0) is 10.3 Å². The molecule has 0 aromatic carbocycles. The van der Waals surface area contributed by atoms with Crippen molar-refractivity contribution in [1.82, 2.24) is 15.6 Å². The van der Waals surface area contributed by atoms with E-state index in [1.807, 2.05) is 39.0 Å². The van der Waals surface area contributed by atoms with Crippen molar-refractivity contribution >= 4 is 6.09 Å². The smallest absolute Gasteiger partial charge is 0.408 e. The Morgan fingerprint density at radius 2 is 2.26 bits per heavy atom. The molecule has 1 unspecified atom stereocenters. The second kappa shape index (κ2) is 5.17. The average molecular weight is 263 g/mol. The van der Waals surface area contributed by atoms with E-state index in [0.29, 0.717) is 6.54 Å². The Balaban J connectivity index is 2.15. The third kappa shape index (κ3) is 3.44. The molecule has 1 aliphatic rings. The molecule has 0 bridgehead atoms. The van der Waals surface area contributed by atoms with Crippen molar-refractivity contribution in [2.45, 2.75) is 38.3 Å². The van der Waals surface area contributed by atoms with Gasteiger partial charge in [0.15, 0.2) is 0 Å². The quantitative estimate of drug-likeness (QED) is 0.854. The lowest BCUT2D eigenvalue weighted by Gasteiger charge is -2.30. The second-order valence-electron chi connectivity index (χ2n) is 5.85. The fourth-order valence-electron chi connectivity index (χ4n) is 2.23. The molecule has 0 aliphatic carbocycles. The summed E-state index contributed by atoms with van der Waals surface area (Å²) in [7, 11) is 0. The number of nitrogens with zero attached hydrogens (tertiary/aromatic N) is 1. The number of alkyl carbamates (subject to hydrolysis) is 1. The number of amides is 1. The molecular formula is C14H21N3O2. The Labute approximate surface area is 113 Å². The molecule has 1 aromatic rings. The van der Waals surface area contributed by atoms with Crippen molar-refractivity contribution in [3.05, 3.63) is 30.1 Å². The monoisotopic (exact) mass is 263 g/mol. The summed E-state index contributed by atoms with van der Waals surface area (Å²) >= 11 is 0. The molecule has 5 nitrogen and oxygen atoms in total. The third-order valence-corrected chi connectivity index (χ3v) is 3.05. The average Bonchev–Trinajstić information content (AvgIpc) is 2.77. The second-order valence-corrected chi connectivity index (χ2v) is 5.85. The van der Waals surface area contributed by atoms with Gasteiger partial charge in [0.2, 0.25) is 0 Å². The summed E-state index contributed by atoms with van der Waals surface area (Å²) in [5.74, 6) is 0. The van der Waals surface area contributed by atoms with Gasteiger partial charge in [-0.2, -0.15) is 0 Å². The van der Waals surface area contributed by atoms with Gasteiger partial charge in [-0.05, 0) is 45.9 Å². The topological polar surface area (TPSA) is 63.2 Å². The zero-order chi connectivity index (χ0) is 13.9. The fraction of sp³-hybridized carbons (Fsp3) is 0.571. The summed E-state index contributed by atoms with van der Waals surface area (Å²) in [5.41, 5.74) is -0.101. The molecule has 104 valence electrons. The summed E-state index contributed by atoms with van der Waals surface area (Å²) in [5, 5.41) is 6.25. The lowest BCUT2D eigenvalue weighted by Crippen LogP contribution is -2.49. The van der Waals surface area contributed by atoms with Gasteiger partial charge < -0.3 is 15.4 Å². The van der Waals surface area contributed by atoms with E-state index >= 15 is 0 Å². The van der Waals surface area contributed by atoms with Crippen LogP contribution in [0.2, 0.25) is 0 Å². The van der Waals surface area contributed by atoms with E-state index in [-0.39, 0.29) is 0 Å². The molecule has 19 heavy (non-hydrogen) atoms. The van der Waals surface area contributed by atoms with E-state index in [2.05, 4.69) is 15.6 Å². The Hall–Kier alpha value is -1.62. The van der Waals surface area contributed by atoms with Crippen molar-refractivity contribution in [2.24, 2.45) is 0 Å². The predicted molar refractivity (Wildman–Crippen MR) is 72.8 cm³/mol. The van der Waals surface area contributed by atoms with Gasteiger partial charge >= 0.3 is 6.09 Å². The molecule has 1 aliphatic heterocycles. The Kier molecular flexibility index (Phi) is 3.75. The van der Waals surface area contributed by atoms with Crippen LogP contribution in [0.15, 0.2) is 24.4 Å². The van der Waals surface area contributed by atoms with Crippen molar-refractivity contribution in [3.63, 3.8) is 0 Å². The highest BCUT2D eigenvalue weighted by molar-refractivity contribution is 5.69. The molecule has 0 saturated carbocycles. The van der Waals surface area contributed by atoms with Crippen LogP contribution in [0.3, 0.4) is 0 Å². The normalized spacial score (nSPS) is 23.1. The number of hydrogen-bond donors (Lipinski definition) is 2. The molecule has 1 atom stereocenters. The van der Waals surface area contributed by atoms with Crippen LogP contribution in [0.1, 0.15) is 32.9 Å². The Bertz CT molecular complexity index is 434. The molecule has 2 rings (SSSR count). The summed E-state index contributed by atoms with van der Waals surface area (Å²) in [6.45, 7) is 7.09. The van der Waals surface area contributed by atoms with Crippen LogP contribution in [0.4, 0.5) is 4.79 Å². The van der Waals surface area contributed by atoms with E-state index in [4.69, 9.17) is 4.74 Å². The van der Waals surface area contributed by atoms with E-state index in [1.165, 1.54) is 0 Å². The van der Waals surface area contributed by atoms with Gasteiger partial charge in [-0.3, -0.25) is 4.98 Å². The minimum absolute atomic E-state index is 0.401. The van der Waals surface area contributed by atoms with Crippen molar-refractivity contribution in [1.29, 1.82) is 0 Å². The minimum atomic E-state index is -0.499. The van der Waals surface area contributed by atoms with E-state index < -0.39 is 17.2 Å². The number of hydrogen-bond acceptors (Lipinski definition) is 4. The zero-order valence-electron chi connectivity index (χ0n) is 11.7. The Morgan fingerprint density at radius 1 is 1.47 bits per heavy atom. The molecule has 0 radical (unpaired) electrons. The number of pyridine rings is 1. The molecule has 1 amide bonds. The van der Waals surface area contributed by atoms with Gasteiger partial charge in [-0.25, -0.2) is 4.79 Å². The van der Waals surface area contributed by atoms with Gasteiger partial charge in [0.05, 0.1) is 11.2 Å². The first-order valence-electron chi connectivity index (χ1n) is 6.55. The molecule has 1 aromatic heterocycles. The molecule has 2 heterocycles. The predicted octanol–water partition coefficient (Wildman–Crippen LogP) is 1.79. The largest absolute Gasteiger partial charge is 0.444 e. The minimum Gasteiger partial charge on any atom is -0.444 e. The van der Waals surface area contributed by atoms with E-state index in [0.717, 1.165) is 18.7 Å². The van der Waals surface area contributed by atoms with E-state index in [9.17, 15) is 4.79 Å². The molecular weight excluding hydrogens is 242 g/mol. The maximum Gasteiger partial charge on any atom is 0.408 e. The van der Waals surface area contributed by atoms with Crippen LogP contribution in [0, 0.1) is 0 Å². The first-order valence-corrected chi connectivity index (χ1v) is 6.55. The van der Waals surface area contributed by atoms with E-state index in [1.54, 1.807) is 6.20 Å². The summed E-state index contributed by atoms with van der Waals surface area (Å²) in [6.07, 6.45) is 2.15. The van der Waals surface area contributed by atoms with Crippen LogP contribution in [0.25, 0.3) is 0 Å². The maximum atomic E-state index is 12.0. The highest BCUT2D eigenvalue weighted by Gasteiger charge is 2.39. The van der Waals surface area contributed by atoms with Gasteiger partial charge in [0.25, 0.3) is 0 Å². The van der Waals surface area contributed by atoms with Gasteiger partial charge in [0, 0.05) is 12.7 Å². The fourth-order valence-corrected chi connectivity index (χ4v) is 2.23. The standard InChI is InChI=1S/C14H21N3O2/c1-13(2,3)19-12(18)17-14(7-9-15-10-14)11-6-4-5-8-16-11/h4-6,8,15H,7,9-10H2,1-3H3,(H,17,18). The number of aromatic nitrogens is 1. The summed E-state index contributed by atoms with van der Waals surface area (Å²) in [4.78, 5) is 16.4. The molecule has 0 spiro atoms. The number of carbonyl (C=O) groups is 1. The molecule has 2 N–H and O–H groups in total. The van der Waals surface area contributed by atoms with Gasteiger partial charge in [-0.15, -0.1) is 0 Å². The van der Waals surface area contributed by atoms with Gasteiger partial charge in [0.1, 0.15) is 5.60 Å². The van der Waals surface area contributed by atoms with Gasteiger partial charge in [-0.1, -0.05) is 6.07 Å². The number of ether oxygens (including phenoxy) is 1. The number of rotatable bonds is 2. The Morgan fingerprint density at radius 3 is 2.79 bits per heavy atom. The maximum absolute atomic E-state index is 12.0. The van der Waals surface area contributed by atoms with Crippen molar-refractivity contribution in [3.8, 4) is 0 Å². The number of carbonyl (C=O) groups excluding carboxylic acids is 1. The van der Waals surface area contributed by atoms with Crippen LogP contribution >= 0.6 is 0 Å². The summed E-state index contributed by atoms with van der Waals surface area (Å²) in [6, 6.07) is 5.73. The van der Waals surface area contributed by atoms with Crippen molar-refractivity contribution in [2.75, 3.05) is 13.1 Å². The summed E-state index contributed by atoms with van der Waals surface area (Å²) < 4.78 is 5.34. The zero-order valence-corrected chi connectivity index (χ0v) is 11.7. The lowest BCUT2D eigenvalue weighted by atomic mass is 9.93. The molecule has 1 saturated heterocycles. The lowest BCUT2D eigenvalue weighted by molar-refractivity contribution is 0.0458.